The Morgan fingerprint density at radius 3 is 2.39 bits per heavy atom. The number of nitrogens with one attached hydrogen (secondary N) is 2. The van der Waals surface area contributed by atoms with E-state index in [9.17, 15) is 14.4 Å². The minimum absolute atomic E-state index is 0.0401. The molecule has 0 saturated carbocycles. The van der Waals surface area contributed by atoms with Crippen LogP contribution in [0.15, 0.2) is 53.7 Å². The molecule has 0 aliphatic carbocycles. The predicted molar refractivity (Wildman–Crippen MR) is 136 cm³/mol. The van der Waals surface area contributed by atoms with Crippen molar-refractivity contribution in [1.82, 2.24) is 20.1 Å². The number of rotatable bonds is 10. The lowest BCUT2D eigenvalue weighted by Gasteiger charge is -2.21. The van der Waals surface area contributed by atoms with Crippen molar-refractivity contribution in [2.75, 3.05) is 25.3 Å². The second-order valence-electron chi connectivity index (χ2n) is 8.23. The van der Waals surface area contributed by atoms with Crippen LogP contribution in [-0.2, 0) is 16.6 Å². The van der Waals surface area contributed by atoms with Crippen molar-refractivity contribution in [1.29, 1.82) is 0 Å². The minimum Gasteiger partial charge on any atom is -0.497 e. The van der Waals surface area contributed by atoms with Gasteiger partial charge in [0.25, 0.3) is 5.91 Å². The van der Waals surface area contributed by atoms with Crippen LogP contribution in [-0.4, -0.2) is 52.5 Å². The molecule has 1 aromatic heterocycles. The third-order valence-corrected chi connectivity index (χ3v) is 6.37. The van der Waals surface area contributed by atoms with Crippen LogP contribution in [0.25, 0.3) is 0 Å². The highest BCUT2D eigenvalue weighted by atomic mass is 32.2. The summed E-state index contributed by atoms with van der Waals surface area (Å²) in [6, 6.07) is 13.0. The summed E-state index contributed by atoms with van der Waals surface area (Å²) in [7, 11) is 4.66. The first-order chi connectivity index (χ1) is 17.2. The van der Waals surface area contributed by atoms with E-state index in [4.69, 9.17) is 9.47 Å². The summed E-state index contributed by atoms with van der Waals surface area (Å²) in [5, 5.41) is 14.8. The topological polar surface area (TPSA) is 124 Å². The van der Waals surface area contributed by atoms with E-state index >= 15 is 0 Å². The molecule has 10 nitrogen and oxygen atoms in total. The summed E-state index contributed by atoms with van der Waals surface area (Å²) in [6.07, 6.45) is 0. The van der Waals surface area contributed by atoms with Crippen molar-refractivity contribution in [3.05, 3.63) is 65.5 Å². The molecule has 1 atom stereocenters. The maximum absolute atomic E-state index is 12.8. The fourth-order valence-electron chi connectivity index (χ4n) is 3.39. The van der Waals surface area contributed by atoms with Gasteiger partial charge in [0.2, 0.25) is 5.91 Å². The second-order valence-corrected chi connectivity index (χ2v) is 9.18. The molecule has 0 bridgehead atoms. The van der Waals surface area contributed by atoms with E-state index in [0.717, 1.165) is 0 Å². The third-order valence-electron chi connectivity index (χ3n) is 5.35. The normalized spacial score (nSPS) is 11.6. The number of ether oxygens (including phenoxy) is 2. The Hall–Kier alpha value is -3.86. The molecule has 11 heteroatoms. The van der Waals surface area contributed by atoms with E-state index in [1.54, 1.807) is 67.3 Å². The first-order valence-electron chi connectivity index (χ1n) is 11.2. The van der Waals surface area contributed by atoms with Crippen LogP contribution < -0.4 is 15.4 Å². The molecule has 2 aromatic carbocycles. The van der Waals surface area contributed by atoms with Crippen molar-refractivity contribution in [3.63, 3.8) is 0 Å². The average molecular weight is 512 g/mol. The van der Waals surface area contributed by atoms with Crippen molar-refractivity contribution in [3.8, 4) is 5.75 Å². The molecule has 0 unspecified atom stereocenters. The zero-order valence-corrected chi connectivity index (χ0v) is 21.6. The lowest BCUT2D eigenvalue weighted by atomic mass is 10.0. The van der Waals surface area contributed by atoms with Crippen molar-refractivity contribution >= 4 is 35.2 Å². The van der Waals surface area contributed by atoms with Gasteiger partial charge in [-0.2, -0.15) is 0 Å². The van der Waals surface area contributed by atoms with Gasteiger partial charge in [0.05, 0.1) is 31.6 Å². The predicted octanol–water partition coefficient (Wildman–Crippen LogP) is 3.47. The molecular formula is C25H29N5O5S. The van der Waals surface area contributed by atoms with Crippen molar-refractivity contribution in [2.24, 2.45) is 13.0 Å². The number of anilines is 1. The minimum atomic E-state index is -0.481. The molecule has 0 spiro atoms. The number of esters is 1. The van der Waals surface area contributed by atoms with Crippen molar-refractivity contribution < 1.29 is 23.9 Å². The van der Waals surface area contributed by atoms with E-state index in [-0.39, 0.29) is 29.5 Å². The highest BCUT2D eigenvalue weighted by Crippen LogP contribution is 2.25. The van der Waals surface area contributed by atoms with Gasteiger partial charge >= 0.3 is 5.97 Å². The number of hydrogen-bond acceptors (Lipinski definition) is 8. The van der Waals surface area contributed by atoms with Gasteiger partial charge in [-0.3, -0.25) is 9.59 Å². The monoisotopic (exact) mass is 511 g/mol. The number of hydrogen-bond donors (Lipinski definition) is 2. The number of methoxy groups -OCH3 is 2. The van der Waals surface area contributed by atoms with Gasteiger partial charge in [-0.25, -0.2) is 4.79 Å². The van der Waals surface area contributed by atoms with Crippen molar-refractivity contribution in [2.45, 2.75) is 25.0 Å². The van der Waals surface area contributed by atoms with Crippen LogP contribution in [0.2, 0.25) is 0 Å². The number of thioether (sulfide) groups is 1. The molecule has 0 saturated heterocycles. The summed E-state index contributed by atoms with van der Waals surface area (Å²) in [4.78, 5) is 37.0. The Kier molecular flexibility index (Phi) is 9.07. The molecule has 3 aromatic rings. The van der Waals surface area contributed by atoms with Crippen LogP contribution in [0.5, 0.6) is 5.75 Å². The van der Waals surface area contributed by atoms with Gasteiger partial charge in [-0.05, 0) is 48.4 Å². The molecule has 36 heavy (non-hydrogen) atoms. The first-order valence-corrected chi connectivity index (χ1v) is 12.2. The van der Waals surface area contributed by atoms with Crippen LogP contribution in [0.3, 0.4) is 0 Å². The fourth-order valence-corrected chi connectivity index (χ4v) is 4.11. The van der Waals surface area contributed by atoms with Gasteiger partial charge < -0.3 is 24.7 Å². The van der Waals surface area contributed by atoms with E-state index in [1.165, 1.54) is 18.9 Å². The van der Waals surface area contributed by atoms with E-state index in [1.807, 2.05) is 13.8 Å². The Balaban J connectivity index is 1.64. The number of carbonyl (C=O) groups excluding carboxylic acids is 3. The molecule has 0 aliphatic heterocycles. The molecule has 0 radical (unpaired) electrons. The highest BCUT2D eigenvalue weighted by molar-refractivity contribution is 7.99. The third kappa shape index (κ3) is 6.63. The number of nitrogens with zero attached hydrogens (tertiary/aromatic N) is 3. The molecule has 2 amide bonds. The van der Waals surface area contributed by atoms with Gasteiger partial charge in [0, 0.05) is 18.3 Å². The standard InChI is InChI=1S/C25H29N5O5S/c1-15(2)21(27-23(32)16-9-11-19(34-4)12-10-16)22-28-29-25(30(22)3)36-14-20(31)26-18-8-6-7-17(13-18)24(33)35-5/h6-13,15,21H,14H2,1-5H3,(H,26,31)(H,27,32)/t21-/m0/s1. The van der Waals surface area contributed by atoms with Gasteiger partial charge in [-0.15, -0.1) is 10.2 Å². The van der Waals surface area contributed by atoms with E-state index in [2.05, 4.69) is 20.8 Å². The molecular weight excluding hydrogens is 482 g/mol. The Morgan fingerprint density at radius 1 is 1.03 bits per heavy atom. The zero-order chi connectivity index (χ0) is 26.2. The molecule has 0 fully saturated rings. The highest BCUT2D eigenvalue weighted by Gasteiger charge is 2.25. The van der Waals surface area contributed by atoms with Gasteiger partial charge in [0.1, 0.15) is 5.75 Å². The fraction of sp³-hybridized carbons (Fsp3) is 0.320. The zero-order valence-electron chi connectivity index (χ0n) is 20.8. The second kappa shape index (κ2) is 12.2. The summed E-state index contributed by atoms with van der Waals surface area (Å²) < 4.78 is 11.6. The van der Waals surface area contributed by atoms with Crippen LogP contribution in [0.1, 0.15) is 46.4 Å². The number of amides is 2. The average Bonchev–Trinajstić information content (AvgIpc) is 3.25. The molecule has 190 valence electrons. The summed E-state index contributed by atoms with van der Waals surface area (Å²) in [5.74, 6) is 0.396. The SMILES string of the molecule is COC(=O)c1cccc(NC(=O)CSc2nnc([C@@H](NC(=O)c3ccc(OC)cc3)C(C)C)n2C)c1. The van der Waals surface area contributed by atoms with Gasteiger partial charge in [-0.1, -0.05) is 31.7 Å². The van der Waals surface area contributed by atoms with E-state index in [0.29, 0.717) is 33.5 Å². The maximum Gasteiger partial charge on any atom is 0.337 e. The molecule has 2 N–H and O–H groups in total. The van der Waals surface area contributed by atoms with E-state index < -0.39 is 5.97 Å². The summed E-state index contributed by atoms with van der Waals surface area (Å²) in [6.45, 7) is 3.96. The Morgan fingerprint density at radius 2 is 1.75 bits per heavy atom. The van der Waals surface area contributed by atoms with Crippen LogP contribution >= 0.6 is 11.8 Å². The Bertz CT molecular complexity index is 1230. The Labute approximate surface area is 213 Å². The maximum atomic E-state index is 12.8. The lowest BCUT2D eigenvalue weighted by Crippen LogP contribution is -2.33. The van der Waals surface area contributed by atoms with Gasteiger partial charge in [0.15, 0.2) is 11.0 Å². The first kappa shape index (κ1) is 26.7. The summed E-state index contributed by atoms with van der Waals surface area (Å²) >= 11 is 1.22. The smallest absolute Gasteiger partial charge is 0.337 e. The largest absolute Gasteiger partial charge is 0.497 e. The van der Waals surface area contributed by atoms with Crippen LogP contribution in [0, 0.1) is 5.92 Å². The van der Waals surface area contributed by atoms with Crippen LogP contribution in [0.4, 0.5) is 5.69 Å². The quantitative estimate of drug-likeness (QED) is 0.313. The number of aromatic nitrogens is 3. The number of carbonyl (C=O) groups is 3. The number of benzene rings is 2. The molecule has 0 aliphatic rings. The summed E-state index contributed by atoms with van der Waals surface area (Å²) in [5.41, 5.74) is 1.34. The molecule has 3 rings (SSSR count). The lowest BCUT2D eigenvalue weighted by molar-refractivity contribution is -0.113. The molecule has 1 heterocycles.